The lowest BCUT2D eigenvalue weighted by Crippen LogP contribution is -2.11. The Morgan fingerprint density at radius 2 is 1.95 bits per heavy atom. The molecule has 2 aromatic rings. The summed E-state index contributed by atoms with van der Waals surface area (Å²) < 4.78 is 19.8. The van der Waals surface area contributed by atoms with E-state index in [9.17, 15) is 4.39 Å². The van der Waals surface area contributed by atoms with Crippen LogP contribution < -0.4 is 4.74 Å². The zero-order valence-corrected chi connectivity index (χ0v) is 11.9. The number of aryl methyl sites for hydroxylation is 1. The Bertz CT molecular complexity index is 590. The molecule has 0 spiro atoms. The van der Waals surface area contributed by atoms with Gasteiger partial charge in [0.15, 0.2) is 0 Å². The van der Waals surface area contributed by atoms with E-state index in [1.165, 1.54) is 0 Å². The van der Waals surface area contributed by atoms with Crippen molar-refractivity contribution in [2.24, 2.45) is 0 Å². The van der Waals surface area contributed by atoms with Crippen molar-refractivity contribution in [1.29, 1.82) is 0 Å². The molecule has 104 valence electrons. The van der Waals surface area contributed by atoms with Gasteiger partial charge in [-0.1, -0.05) is 36.4 Å². The van der Waals surface area contributed by atoms with Crippen molar-refractivity contribution in [3.63, 3.8) is 0 Å². The molecule has 1 atom stereocenters. The molecule has 0 N–H and O–H groups in total. The predicted molar refractivity (Wildman–Crippen MR) is 81.5 cm³/mol. The predicted octanol–water partition coefficient (Wildman–Crippen LogP) is 5.14. The quantitative estimate of drug-likeness (QED) is 0.683. The number of rotatable bonds is 5. The van der Waals surface area contributed by atoms with Crippen molar-refractivity contribution in [3.05, 3.63) is 66.5 Å². The molecule has 0 heterocycles. The fourth-order valence-electron chi connectivity index (χ4n) is 2.10. The summed E-state index contributed by atoms with van der Waals surface area (Å²) in [5.74, 6) is 0.497. The molecule has 0 aliphatic rings. The van der Waals surface area contributed by atoms with Gasteiger partial charge in [-0.2, -0.15) is 0 Å². The minimum atomic E-state index is -0.215. The minimum absolute atomic E-state index is 0.0137. The zero-order valence-electron chi connectivity index (χ0n) is 11.9. The molecule has 0 aliphatic carbocycles. The molecule has 2 heteroatoms. The summed E-state index contributed by atoms with van der Waals surface area (Å²) >= 11 is 0. The highest BCUT2D eigenvalue weighted by molar-refractivity contribution is 5.71. The maximum atomic E-state index is 13.9. The lowest BCUT2D eigenvalue weighted by molar-refractivity contribution is 0.226. The van der Waals surface area contributed by atoms with Gasteiger partial charge in [0.05, 0.1) is 6.10 Å². The monoisotopic (exact) mass is 270 g/mol. The summed E-state index contributed by atoms with van der Waals surface area (Å²) in [7, 11) is 0. The Balaban J connectivity index is 2.44. The Hall–Kier alpha value is -2.09. The molecule has 0 unspecified atom stereocenters. The van der Waals surface area contributed by atoms with Crippen molar-refractivity contribution in [3.8, 4) is 16.9 Å². The summed E-state index contributed by atoms with van der Waals surface area (Å²) in [6.07, 6.45) is 2.59. The van der Waals surface area contributed by atoms with Crippen LogP contribution >= 0.6 is 0 Å². The Morgan fingerprint density at radius 1 is 1.25 bits per heavy atom. The number of hydrogen-bond donors (Lipinski definition) is 0. The van der Waals surface area contributed by atoms with E-state index in [0.717, 1.165) is 17.5 Å². The van der Waals surface area contributed by atoms with Crippen LogP contribution in [0.3, 0.4) is 0 Å². The second kappa shape index (κ2) is 6.38. The van der Waals surface area contributed by atoms with E-state index in [-0.39, 0.29) is 11.9 Å². The standard InChI is InChI=1S/C18H19FO/c1-4-8-14(3)20-18-11-13(2)17(19)12-16(18)15-9-6-5-7-10-15/h4-7,9-12,14H,1,8H2,2-3H3/t14-/m0/s1. The molecular weight excluding hydrogens is 251 g/mol. The molecular formula is C18H19FO. The van der Waals surface area contributed by atoms with Crippen LogP contribution in [-0.2, 0) is 0 Å². The van der Waals surface area contributed by atoms with Gasteiger partial charge in [-0.15, -0.1) is 6.58 Å². The van der Waals surface area contributed by atoms with Crippen LogP contribution in [0.15, 0.2) is 55.1 Å². The van der Waals surface area contributed by atoms with Crippen LogP contribution in [0.2, 0.25) is 0 Å². The van der Waals surface area contributed by atoms with Crippen LogP contribution in [0, 0.1) is 12.7 Å². The molecule has 0 fully saturated rings. The second-order valence-electron chi connectivity index (χ2n) is 4.92. The van der Waals surface area contributed by atoms with E-state index in [2.05, 4.69) is 6.58 Å². The molecule has 2 rings (SSSR count). The minimum Gasteiger partial charge on any atom is -0.490 e. The number of hydrogen-bond acceptors (Lipinski definition) is 1. The molecule has 0 aliphatic heterocycles. The largest absolute Gasteiger partial charge is 0.490 e. The van der Waals surface area contributed by atoms with E-state index < -0.39 is 0 Å². The number of benzene rings is 2. The van der Waals surface area contributed by atoms with Crippen molar-refractivity contribution in [2.75, 3.05) is 0 Å². The third kappa shape index (κ3) is 3.27. The lowest BCUT2D eigenvalue weighted by Gasteiger charge is -2.17. The first-order chi connectivity index (χ1) is 9.61. The second-order valence-corrected chi connectivity index (χ2v) is 4.92. The zero-order chi connectivity index (χ0) is 14.5. The summed E-state index contributed by atoms with van der Waals surface area (Å²) in [4.78, 5) is 0. The van der Waals surface area contributed by atoms with Gasteiger partial charge in [0.2, 0.25) is 0 Å². The van der Waals surface area contributed by atoms with E-state index in [1.54, 1.807) is 19.1 Å². The third-order valence-electron chi connectivity index (χ3n) is 3.17. The van der Waals surface area contributed by atoms with Crippen LogP contribution in [0.1, 0.15) is 18.9 Å². The van der Waals surface area contributed by atoms with Gasteiger partial charge in [0, 0.05) is 12.0 Å². The van der Waals surface area contributed by atoms with E-state index in [0.29, 0.717) is 11.3 Å². The van der Waals surface area contributed by atoms with E-state index in [1.807, 2.05) is 43.3 Å². The van der Waals surface area contributed by atoms with Gasteiger partial charge in [0.1, 0.15) is 11.6 Å². The van der Waals surface area contributed by atoms with Gasteiger partial charge in [-0.05, 0) is 37.1 Å². The van der Waals surface area contributed by atoms with Gasteiger partial charge in [-0.25, -0.2) is 4.39 Å². The van der Waals surface area contributed by atoms with Crippen molar-refractivity contribution in [2.45, 2.75) is 26.4 Å². The van der Waals surface area contributed by atoms with Gasteiger partial charge in [-0.3, -0.25) is 0 Å². The Labute approximate surface area is 119 Å². The molecule has 0 bridgehead atoms. The first-order valence-electron chi connectivity index (χ1n) is 6.75. The normalized spacial score (nSPS) is 11.9. The smallest absolute Gasteiger partial charge is 0.128 e. The Kier molecular flexibility index (Phi) is 4.57. The first kappa shape index (κ1) is 14.3. The topological polar surface area (TPSA) is 9.23 Å². The summed E-state index contributed by atoms with van der Waals surface area (Å²) in [6.45, 7) is 7.44. The SMILES string of the molecule is C=CC[C@H](C)Oc1cc(C)c(F)cc1-c1ccccc1. The van der Waals surface area contributed by atoms with Crippen LogP contribution in [0.4, 0.5) is 4.39 Å². The van der Waals surface area contributed by atoms with Gasteiger partial charge in [0.25, 0.3) is 0 Å². The van der Waals surface area contributed by atoms with Crippen LogP contribution in [0.5, 0.6) is 5.75 Å². The average molecular weight is 270 g/mol. The molecule has 2 aromatic carbocycles. The van der Waals surface area contributed by atoms with E-state index >= 15 is 0 Å². The highest BCUT2D eigenvalue weighted by Gasteiger charge is 2.12. The summed E-state index contributed by atoms with van der Waals surface area (Å²) in [5.41, 5.74) is 2.32. The molecule has 0 radical (unpaired) electrons. The molecule has 1 nitrogen and oxygen atoms in total. The maximum Gasteiger partial charge on any atom is 0.128 e. The van der Waals surface area contributed by atoms with Crippen molar-refractivity contribution < 1.29 is 9.13 Å². The van der Waals surface area contributed by atoms with Crippen molar-refractivity contribution >= 4 is 0 Å². The third-order valence-corrected chi connectivity index (χ3v) is 3.17. The summed E-state index contributed by atoms with van der Waals surface area (Å²) in [5, 5.41) is 0. The Morgan fingerprint density at radius 3 is 2.60 bits per heavy atom. The first-order valence-corrected chi connectivity index (χ1v) is 6.75. The van der Waals surface area contributed by atoms with Gasteiger partial charge >= 0.3 is 0 Å². The molecule has 0 amide bonds. The van der Waals surface area contributed by atoms with Crippen molar-refractivity contribution in [1.82, 2.24) is 0 Å². The number of halogens is 1. The average Bonchev–Trinajstić information content (AvgIpc) is 2.44. The molecule has 0 aromatic heterocycles. The highest BCUT2D eigenvalue weighted by Crippen LogP contribution is 2.33. The highest BCUT2D eigenvalue weighted by atomic mass is 19.1. The lowest BCUT2D eigenvalue weighted by atomic mass is 10.0. The van der Waals surface area contributed by atoms with Gasteiger partial charge < -0.3 is 4.74 Å². The fourth-order valence-corrected chi connectivity index (χ4v) is 2.10. The maximum absolute atomic E-state index is 13.9. The molecule has 0 saturated carbocycles. The molecule has 20 heavy (non-hydrogen) atoms. The van der Waals surface area contributed by atoms with E-state index in [4.69, 9.17) is 4.74 Å². The summed E-state index contributed by atoms with van der Waals surface area (Å²) in [6, 6.07) is 13.0. The number of ether oxygens (including phenoxy) is 1. The fraction of sp³-hybridized carbons (Fsp3) is 0.222. The van der Waals surface area contributed by atoms with Crippen LogP contribution in [-0.4, -0.2) is 6.10 Å². The molecule has 0 saturated heterocycles. The van der Waals surface area contributed by atoms with Crippen LogP contribution in [0.25, 0.3) is 11.1 Å².